The lowest BCUT2D eigenvalue weighted by Crippen LogP contribution is -2.23. The number of anilines is 1. The maximum absolute atomic E-state index is 12.5. The topological polar surface area (TPSA) is 58.2 Å². The van der Waals surface area contributed by atoms with E-state index in [1.165, 1.54) is 12.1 Å². The minimum atomic E-state index is -4.49. The van der Waals surface area contributed by atoms with Crippen LogP contribution in [0.25, 0.3) is 0 Å². The summed E-state index contributed by atoms with van der Waals surface area (Å²) in [6.07, 6.45) is -1.83. The van der Waals surface area contributed by atoms with Crippen molar-refractivity contribution in [3.8, 4) is 0 Å². The lowest BCUT2D eigenvalue weighted by atomic mass is 10.2. The highest BCUT2D eigenvalue weighted by atomic mass is 32.2. The minimum absolute atomic E-state index is 0.0695. The molecule has 21 heavy (non-hydrogen) atoms. The van der Waals surface area contributed by atoms with E-state index in [9.17, 15) is 21.6 Å². The lowest BCUT2D eigenvalue weighted by Gasteiger charge is -2.11. The maximum Gasteiger partial charge on any atom is 0.416 e. The summed E-state index contributed by atoms with van der Waals surface area (Å²) in [5.74, 6) is -0.122. The van der Waals surface area contributed by atoms with Gasteiger partial charge in [-0.25, -0.2) is 8.42 Å². The molecular weight excluding hydrogens is 305 g/mol. The standard InChI is InChI=1S/C13H17F3N2O2S/c14-13(15,16)10-3-1-4-12(9-10)18-21(19,20)8-2-7-17-11-5-6-11/h1,3-4,9,11,17-18H,2,5-8H2. The SMILES string of the molecule is O=S(=O)(CCCNC1CC1)Nc1cccc(C(F)(F)F)c1. The third kappa shape index (κ3) is 5.55. The number of hydrogen-bond donors (Lipinski definition) is 2. The Labute approximate surface area is 121 Å². The molecule has 0 bridgehead atoms. The zero-order valence-corrected chi connectivity index (χ0v) is 12.1. The molecule has 0 amide bonds. The predicted octanol–water partition coefficient (Wildman–Crippen LogP) is 2.59. The molecule has 0 saturated heterocycles. The number of sulfonamides is 1. The van der Waals surface area contributed by atoms with Crippen molar-refractivity contribution in [1.82, 2.24) is 5.32 Å². The molecular formula is C13H17F3N2O2S. The minimum Gasteiger partial charge on any atom is -0.314 e. The summed E-state index contributed by atoms with van der Waals surface area (Å²) in [5.41, 5.74) is -0.946. The van der Waals surface area contributed by atoms with E-state index in [1.807, 2.05) is 0 Å². The van der Waals surface area contributed by atoms with Gasteiger partial charge in [-0.2, -0.15) is 13.2 Å². The van der Waals surface area contributed by atoms with Crippen LogP contribution in [0.2, 0.25) is 0 Å². The van der Waals surface area contributed by atoms with Crippen molar-refractivity contribution in [2.75, 3.05) is 17.0 Å². The first kappa shape index (κ1) is 16.1. The van der Waals surface area contributed by atoms with Crippen LogP contribution in [0.1, 0.15) is 24.8 Å². The fraction of sp³-hybridized carbons (Fsp3) is 0.538. The van der Waals surface area contributed by atoms with Gasteiger partial charge in [0.05, 0.1) is 11.3 Å². The summed E-state index contributed by atoms with van der Waals surface area (Å²) >= 11 is 0. The highest BCUT2D eigenvalue weighted by Crippen LogP contribution is 2.30. The Morgan fingerprint density at radius 3 is 2.57 bits per heavy atom. The van der Waals surface area contributed by atoms with Crippen LogP contribution >= 0.6 is 0 Å². The van der Waals surface area contributed by atoms with Crippen molar-refractivity contribution < 1.29 is 21.6 Å². The van der Waals surface area contributed by atoms with E-state index in [2.05, 4.69) is 10.0 Å². The van der Waals surface area contributed by atoms with Gasteiger partial charge in [0.2, 0.25) is 10.0 Å². The van der Waals surface area contributed by atoms with Gasteiger partial charge in [0.15, 0.2) is 0 Å². The van der Waals surface area contributed by atoms with Crippen molar-refractivity contribution in [3.05, 3.63) is 29.8 Å². The number of hydrogen-bond acceptors (Lipinski definition) is 3. The van der Waals surface area contributed by atoms with Gasteiger partial charge in [-0.3, -0.25) is 4.72 Å². The van der Waals surface area contributed by atoms with Gasteiger partial charge in [0.1, 0.15) is 0 Å². The van der Waals surface area contributed by atoms with Crippen molar-refractivity contribution in [1.29, 1.82) is 0 Å². The highest BCUT2D eigenvalue weighted by Gasteiger charge is 2.30. The average molecular weight is 322 g/mol. The quantitative estimate of drug-likeness (QED) is 0.759. The second-order valence-corrected chi connectivity index (χ2v) is 6.92. The van der Waals surface area contributed by atoms with E-state index in [1.54, 1.807) is 0 Å². The fourth-order valence-electron chi connectivity index (χ4n) is 1.85. The maximum atomic E-state index is 12.5. The third-order valence-corrected chi connectivity index (χ3v) is 4.44. The smallest absolute Gasteiger partial charge is 0.314 e. The van der Waals surface area contributed by atoms with E-state index in [-0.39, 0.29) is 11.4 Å². The van der Waals surface area contributed by atoms with E-state index >= 15 is 0 Å². The Morgan fingerprint density at radius 2 is 1.95 bits per heavy atom. The molecule has 0 spiro atoms. The second kappa shape index (κ2) is 6.23. The van der Waals surface area contributed by atoms with Crippen molar-refractivity contribution in [3.63, 3.8) is 0 Å². The molecule has 118 valence electrons. The molecule has 0 heterocycles. The van der Waals surface area contributed by atoms with Gasteiger partial charge < -0.3 is 5.32 Å². The largest absolute Gasteiger partial charge is 0.416 e. The molecule has 0 unspecified atom stereocenters. The number of alkyl halides is 3. The average Bonchev–Trinajstić information content (AvgIpc) is 3.17. The Morgan fingerprint density at radius 1 is 1.24 bits per heavy atom. The van der Waals surface area contributed by atoms with Gasteiger partial charge in [-0.05, 0) is 44.0 Å². The normalized spacial score (nSPS) is 16.0. The number of halogens is 3. The second-order valence-electron chi connectivity index (χ2n) is 5.08. The van der Waals surface area contributed by atoms with Crippen LogP contribution in [0.3, 0.4) is 0 Å². The third-order valence-electron chi connectivity index (χ3n) is 3.06. The number of nitrogens with one attached hydrogen (secondary N) is 2. The van der Waals surface area contributed by atoms with E-state index in [4.69, 9.17) is 0 Å². The summed E-state index contributed by atoms with van der Waals surface area (Å²) in [5, 5.41) is 3.18. The molecule has 4 nitrogen and oxygen atoms in total. The van der Waals surface area contributed by atoms with Crippen LogP contribution in [0, 0.1) is 0 Å². The van der Waals surface area contributed by atoms with Crippen LogP contribution in [0.4, 0.5) is 18.9 Å². The van der Waals surface area contributed by atoms with Crippen LogP contribution in [-0.4, -0.2) is 26.8 Å². The molecule has 1 aromatic carbocycles. The van der Waals surface area contributed by atoms with Gasteiger partial charge >= 0.3 is 6.18 Å². The fourth-order valence-corrected chi connectivity index (χ4v) is 2.96. The molecule has 8 heteroatoms. The van der Waals surface area contributed by atoms with Gasteiger partial charge in [-0.1, -0.05) is 6.07 Å². The first-order valence-corrected chi connectivity index (χ1v) is 8.33. The molecule has 2 N–H and O–H groups in total. The van der Waals surface area contributed by atoms with Crippen LogP contribution < -0.4 is 10.0 Å². The Bertz CT molecular complexity index is 583. The number of benzene rings is 1. The van der Waals surface area contributed by atoms with Gasteiger partial charge in [0, 0.05) is 11.7 Å². The summed E-state index contributed by atoms with van der Waals surface area (Å²) in [6.45, 7) is 0.591. The molecule has 1 aliphatic carbocycles. The van der Waals surface area contributed by atoms with E-state index in [0.717, 1.165) is 25.0 Å². The van der Waals surface area contributed by atoms with E-state index in [0.29, 0.717) is 19.0 Å². The zero-order valence-electron chi connectivity index (χ0n) is 11.3. The summed E-state index contributed by atoms with van der Waals surface area (Å²) in [7, 11) is -3.63. The molecule has 1 aliphatic rings. The Balaban J connectivity index is 1.89. The van der Waals surface area contributed by atoms with E-state index < -0.39 is 21.8 Å². The monoisotopic (exact) mass is 322 g/mol. The Hall–Kier alpha value is -1.28. The van der Waals surface area contributed by atoms with Crippen molar-refractivity contribution in [2.45, 2.75) is 31.5 Å². The van der Waals surface area contributed by atoms with Crippen molar-refractivity contribution >= 4 is 15.7 Å². The zero-order chi connectivity index (χ0) is 15.5. The number of rotatable bonds is 7. The lowest BCUT2D eigenvalue weighted by molar-refractivity contribution is -0.137. The summed E-state index contributed by atoms with van der Waals surface area (Å²) in [4.78, 5) is 0. The first-order chi connectivity index (χ1) is 9.76. The van der Waals surface area contributed by atoms with Crippen LogP contribution in [-0.2, 0) is 16.2 Å². The first-order valence-electron chi connectivity index (χ1n) is 6.67. The van der Waals surface area contributed by atoms with Crippen molar-refractivity contribution in [2.24, 2.45) is 0 Å². The highest BCUT2D eigenvalue weighted by molar-refractivity contribution is 7.92. The molecule has 0 aliphatic heterocycles. The van der Waals surface area contributed by atoms with Gasteiger partial charge in [0.25, 0.3) is 0 Å². The molecule has 2 rings (SSSR count). The molecule has 0 atom stereocenters. The molecule has 1 saturated carbocycles. The Kier molecular flexibility index (Phi) is 4.77. The molecule has 1 fully saturated rings. The van der Waals surface area contributed by atoms with Crippen LogP contribution in [0.5, 0.6) is 0 Å². The molecule has 0 aromatic heterocycles. The predicted molar refractivity (Wildman–Crippen MR) is 74.5 cm³/mol. The van der Waals surface area contributed by atoms with Crippen LogP contribution in [0.15, 0.2) is 24.3 Å². The molecule has 1 aromatic rings. The van der Waals surface area contributed by atoms with Gasteiger partial charge in [-0.15, -0.1) is 0 Å². The summed E-state index contributed by atoms with van der Waals surface area (Å²) < 4.78 is 63.4. The summed E-state index contributed by atoms with van der Waals surface area (Å²) in [6, 6.07) is 4.67. The molecule has 0 radical (unpaired) electrons.